The summed E-state index contributed by atoms with van der Waals surface area (Å²) >= 11 is 13.6. The summed E-state index contributed by atoms with van der Waals surface area (Å²) in [6.45, 7) is 0.741. The maximum Gasteiger partial charge on any atom is 0.235 e. The van der Waals surface area contributed by atoms with E-state index in [-0.39, 0.29) is 10.8 Å². The summed E-state index contributed by atoms with van der Waals surface area (Å²) in [6, 6.07) is 14.5. The van der Waals surface area contributed by atoms with E-state index in [0.717, 1.165) is 51.7 Å². The van der Waals surface area contributed by atoms with Gasteiger partial charge in [0, 0.05) is 21.3 Å². The molecule has 1 aliphatic carbocycles. The molecule has 0 bridgehead atoms. The third-order valence-corrected chi connectivity index (χ3v) is 10.0. The molecule has 1 aliphatic rings. The van der Waals surface area contributed by atoms with Crippen molar-refractivity contribution in [3.05, 3.63) is 87.7 Å². The van der Waals surface area contributed by atoms with Gasteiger partial charge in [-0.05, 0) is 65.6 Å². The lowest BCUT2D eigenvalue weighted by molar-refractivity contribution is -0.118. The van der Waals surface area contributed by atoms with Gasteiger partial charge in [0.1, 0.15) is 9.96 Å². The van der Waals surface area contributed by atoms with E-state index in [9.17, 15) is 13.2 Å². The number of amides is 1. The number of hydrogen-bond acceptors (Lipinski definition) is 5. The summed E-state index contributed by atoms with van der Waals surface area (Å²) < 4.78 is 28.6. The summed E-state index contributed by atoms with van der Waals surface area (Å²) in [5, 5.41) is 9.33. The van der Waals surface area contributed by atoms with Crippen LogP contribution in [0.5, 0.6) is 0 Å². The Bertz CT molecular complexity index is 1560. The summed E-state index contributed by atoms with van der Waals surface area (Å²) in [5.74, 6) is -1.11. The topological polar surface area (TPSA) is 81.1 Å². The molecule has 5 rings (SSSR count). The maximum absolute atomic E-state index is 12.8. The van der Waals surface area contributed by atoms with Crippen LogP contribution >= 0.6 is 34.5 Å². The molecule has 1 amide bonds. The van der Waals surface area contributed by atoms with Crippen molar-refractivity contribution < 1.29 is 13.2 Å². The number of carbonyl (C=O) groups is 1. The minimum Gasteiger partial charge on any atom is -0.352 e. The molecule has 36 heavy (non-hydrogen) atoms. The van der Waals surface area contributed by atoms with Gasteiger partial charge in [-0.3, -0.25) is 9.48 Å². The van der Waals surface area contributed by atoms with Crippen molar-refractivity contribution >= 4 is 65.9 Å². The number of nitrogens with zero attached hydrogens (tertiary/aromatic N) is 2. The van der Waals surface area contributed by atoms with Crippen molar-refractivity contribution in [3.63, 3.8) is 0 Å². The highest BCUT2D eigenvalue weighted by Crippen LogP contribution is 2.32. The molecular formula is C26H23Cl2N3O3S2. The van der Waals surface area contributed by atoms with Gasteiger partial charge in [0.2, 0.25) is 5.91 Å². The standard InChI is InChI=1S/C26H23Cl2N3O3S2/c27-21-9-8-20(22(28)13-21)15-31-26-17(5-3-6-19(26)14-30-31)10-11-29-24(32)16-36(33,34)25-12-18-4-1-2-7-23(18)35-25/h1-2,4,7-10,12-14H,3,5-6,11,15-16H2,(H,29,32)/b17-10+. The third-order valence-electron chi connectivity index (χ3n) is 6.13. The molecule has 0 atom stereocenters. The van der Waals surface area contributed by atoms with Gasteiger partial charge in [0.25, 0.3) is 0 Å². The van der Waals surface area contributed by atoms with Gasteiger partial charge >= 0.3 is 0 Å². The zero-order chi connectivity index (χ0) is 25.3. The fourth-order valence-corrected chi connectivity index (χ4v) is 7.50. The smallest absolute Gasteiger partial charge is 0.235 e. The van der Waals surface area contributed by atoms with Crippen LogP contribution in [0.1, 0.15) is 29.7 Å². The predicted molar refractivity (Wildman–Crippen MR) is 146 cm³/mol. The van der Waals surface area contributed by atoms with Gasteiger partial charge in [0.15, 0.2) is 9.84 Å². The average molecular weight is 561 g/mol. The van der Waals surface area contributed by atoms with Crippen molar-refractivity contribution in [2.24, 2.45) is 0 Å². The number of rotatable bonds is 7. The Morgan fingerprint density at radius 2 is 1.97 bits per heavy atom. The second kappa shape index (κ2) is 10.4. The number of fused-ring (bicyclic) bond motifs is 2. The highest BCUT2D eigenvalue weighted by atomic mass is 35.5. The lowest BCUT2D eigenvalue weighted by atomic mass is 9.92. The van der Waals surface area contributed by atoms with E-state index in [2.05, 4.69) is 10.4 Å². The van der Waals surface area contributed by atoms with Gasteiger partial charge in [-0.2, -0.15) is 5.10 Å². The fourth-order valence-electron chi connectivity index (χ4n) is 4.39. The lowest BCUT2D eigenvalue weighted by Gasteiger charge is -2.18. The van der Waals surface area contributed by atoms with Gasteiger partial charge in [-0.25, -0.2) is 8.42 Å². The first-order valence-corrected chi connectivity index (χ1v) is 14.7. The first-order valence-electron chi connectivity index (χ1n) is 11.5. The van der Waals surface area contributed by atoms with Crippen molar-refractivity contribution in [3.8, 4) is 0 Å². The number of halogens is 2. The molecule has 2 aromatic carbocycles. The largest absolute Gasteiger partial charge is 0.352 e. The number of sulfone groups is 1. The normalized spacial score (nSPS) is 14.8. The SMILES string of the molecule is O=C(CS(=O)(=O)c1cc2ccccc2s1)NC/C=C1\CCCc2cnn(Cc3ccc(Cl)cc3Cl)c21. The van der Waals surface area contributed by atoms with Gasteiger partial charge in [-0.1, -0.05) is 53.5 Å². The minimum atomic E-state index is -3.72. The van der Waals surface area contributed by atoms with Crippen LogP contribution in [0, 0.1) is 0 Å². The quantitative estimate of drug-likeness (QED) is 0.312. The molecule has 2 heterocycles. The van der Waals surface area contributed by atoms with Crippen molar-refractivity contribution in [2.75, 3.05) is 12.3 Å². The first-order chi connectivity index (χ1) is 17.3. The van der Waals surface area contributed by atoms with Crippen LogP contribution in [0.4, 0.5) is 0 Å². The Hall–Kier alpha value is -2.65. The van der Waals surface area contributed by atoms with Crippen molar-refractivity contribution in [1.29, 1.82) is 0 Å². The van der Waals surface area contributed by atoms with Crippen LogP contribution in [0.3, 0.4) is 0 Å². The molecule has 0 saturated heterocycles. The summed E-state index contributed by atoms with van der Waals surface area (Å²) in [7, 11) is -3.72. The molecule has 1 N–H and O–H groups in total. The molecule has 0 spiro atoms. The first kappa shape index (κ1) is 25.0. The second-order valence-electron chi connectivity index (χ2n) is 8.66. The number of benzene rings is 2. The van der Waals surface area contributed by atoms with E-state index in [4.69, 9.17) is 23.2 Å². The zero-order valence-electron chi connectivity index (χ0n) is 19.2. The number of thiophene rings is 1. The number of aryl methyl sites for hydroxylation is 1. The van der Waals surface area contributed by atoms with Gasteiger partial charge in [0.05, 0.1) is 18.4 Å². The number of hydrogen-bond donors (Lipinski definition) is 1. The van der Waals surface area contributed by atoms with Gasteiger partial charge < -0.3 is 5.32 Å². The van der Waals surface area contributed by atoms with Crippen molar-refractivity contribution in [1.82, 2.24) is 15.1 Å². The number of nitrogens with one attached hydrogen (secondary N) is 1. The molecular weight excluding hydrogens is 537 g/mol. The van der Waals surface area contributed by atoms with Crippen LogP contribution in [0.2, 0.25) is 10.0 Å². The second-order valence-corrected chi connectivity index (χ2v) is 12.8. The third kappa shape index (κ3) is 5.37. The highest BCUT2D eigenvalue weighted by molar-refractivity contribution is 7.94. The molecule has 4 aromatic rings. The summed E-state index contributed by atoms with van der Waals surface area (Å²) in [6.07, 6.45) is 6.59. The highest BCUT2D eigenvalue weighted by Gasteiger charge is 2.23. The van der Waals surface area contributed by atoms with Gasteiger partial charge in [-0.15, -0.1) is 11.3 Å². The van der Waals surface area contributed by atoms with E-state index in [1.807, 2.05) is 47.3 Å². The van der Waals surface area contributed by atoms with E-state index in [1.165, 1.54) is 11.3 Å². The van der Waals surface area contributed by atoms with E-state index in [1.54, 1.807) is 18.2 Å². The zero-order valence-corrected chi connectivity index (χ0v) is 22.4. The number of allylic oxidation sites excluding steroid dienone is 1. The van der Waals surface area contributed by atoms with E-state index < -0.39 is 21.5 Å². The van der Waals surface area contributed by atoms with Crippen LogP contribution < -0.4 is 5.32 Å². The van der Waals surface area contributed by atoms with Crippen LogP contribution in [0.25, 0.3) is 15.7 Å². The Morgan fingerprint density at radius 1 is 1.14 bits per heavy atom. The Morgan fingerprint density at radius 3 is 2.78 bits per heavy atom. The molecule has 186 valence electrons. The molecule has 0 saturated carbocycles. The molecule has 0 unspecified atom stereocenters. The molecule has 0 radical (unpaired) electrons. The molecule has 2 aromatic heterocycles. The molecule has 0 aliphatic heterocycles. The van der Waals surface area contributed by atoms with E-state index >= 15 is 0 Å². The Labute approximate surface area is 223 Å². The molecule has 0 fully saturated rings. The van der Waals surface area contributed by atoms with Crippen LogP contribution in [-0.4, -0.2) is 36.4 Å². The monoisotopic (exact) mass is 559 g/mol. The average Bonchev–Trinajstić information content (AvgIpc) is 3.46. The van der Waals surface area contributed by atoms with Crippen LogP contribution in [0.15, 0.2) is 65.0 Å². The molecule has 10 heteroatoms. The number of aromatic nitrogens is 2. The Kier molecular flexibility index (Phi) is 7.21. The Balaban J connectivity index is 1.27. The minimum absolute atomic E-state index is 0.207. The number of carbonyl (C=O) groups excluding carboxylic acids is 1. The fraction of sp³-hybridized carbons (Fsp3) is 0.231. The van der Waals surface area contributed by atoms with E-state index in [0.29, 0.717) is 16.6 Å². The summed E-state index contributed by atoms with van der Waals surface area (Å²) in [4.78, 5) is 12.5. The van der Waals surface area contributed by atoms with Crippen LogP contribution in [-0.2, 0) is 27.6 Å². The van der Waals surface area contributed by atoms with Crippen molar-refractivity contribution in [2.45, 2.75) is 30.0 Å². The summed E-state index contributed by atoms with van der Waals surface area (Å²) in [5.41, 5.74) is 4.17. The maximum atomic E-state index is 12.8. The molecule has 6 nitrogen and oxygen atoms in total. The lowest BCUT2D eigenvalue weighted by Crippen LogP contribution is -2.30. The predicted octanol–water partition coefficient (Wildman–Crippen LogP) is 5.76.